The number of benzene rings is 3. The van der Waals surface area contributed by atoms with Crippen LogP contribution in [0, 0.1) is 0 Å². The van der Waals surface area contributed by atoms with Crippen LogP contribution in [0.2, 0.25) is 0 Å². The second kappa shape index (κ2) is 8.47. The zero-order valence-corrected chi connectivity index (χ0v) is 17.5. The number of rotatable bonds is 5. The van der Waals surface area contributed by atoms with Gasteiger partial charge in [0.2, 0.25) is 5.91 Å². The fraction of sp³-hybridized carbons (Fsp3) is 0.125. The van der Waals surface area contributed by atoms with E-state index in [0.29, 0.717) is 11.3 Å². The Hall–Kier alpha value is -3.51. The molecule has 4 rings (SSSR count). The van der Waals surface area contributed by atoms with E-state index >= 15 is 0 Å². The van der Waals surface area contributed by atoms with Crippen LogP contribution in [0.4, 0.5) is 5.69 Å². The number of carbonyl (C=O) groups excluding carboxylic acids is 2. The highest BCUT2D eigenvalue weighted by molar-refractivity contribution is 7.18. The topological polar surface area (TPSA) is 59.5 Å². The monoisotopic (exact) mass is 416 g/mol. The SMILES string of the molecule is COC(=O)c1ccc(N(C)C(=O)Cc2nc3ccc(-c4ccccc4)cc3s2)cc1. The van der Waals surface area contributed by atoms with Crippen molar-refractivity contribution in [1.29, 1.82) is 0 Å². The Kier molecular flexibility index (Phi) is 5.59. The molecule has 0 spiro atoms. The maximum atomic E-state index is 12.8. The molecule has 0 saturated carbocycles. The molecule has 0 bridgehead atoms. The summed E-state index contributed by atoms with van der Waals surface area (Å²) >= 11 is 1.54. The van der Waals surface area contributed by atoms with E-state index in [0.717, 1.165) is 26.4 Å². The van der Waals surface area contributed by atoms with Crippen LogP contribution in [0.1, 0.15) is 15.4 Å². The Morgan fingerprint density at radius 3 is 2.40 bits per heavy atom. The maximum Gasteiger partial charge on any atom is 0.337 e. The molecule has 0 radical (unpaired) electrons. The molecule has 0 aliphatic heterocycles. The number of fused-ring (bicyclic) bond motifs is 1. The average Bonchev–Trinajstić information content (AvgIpc) is 3.20. The van der Waals surface area contributed by atoms with Crippen molar-refractivity contribution in [2.24, 2.45) is 0 Å². The van der Waals surface area contributed by atoms with Gasteiger partial charge < -0.3 is 9.64 Å². The Labute approximate surface area is 178 Å². The number of esters is 1. The molecule has 3 aromatic carbocycles. The lowest BCUT2D eigenvalue weighted by Crippen LogP contribution is -2.27. The first kappa shape index (κ1) is 19.8. The zero-order chi connectivity index (χ0) is 21.1. The molecule has 5 nitrogen and oxygen atoms in total. The minimum atomic E-state index is -0.403. The van der Waals surface area contributed by atoms with Crippen molar-refractivity contribution in [3.8, 4) is 11.1 Å². The number of aromatic nitrogens is 1. The van der Waals surface area contributed by atoms with Crippen molar-refractivity contribution in [3.05, 3.63) is 83.4 Å². The molecule has 0 aliphatic rings. The fourth-order valence-electron chi connectivity index (χ4n) is 3.19. The van der Waals surface area contributed by atoms with Crippen LogP contribution in [0.15, 0.2) is 72.8 Å². The van der Waals surface area contributed by atoms with E-state index in [1.54, 1.807) is 36.2 Å². The number of ether oxygens (including phenoxy) is 1. The van der Waals surface area contributed by atoms with Gasteiger partial charge in [0.25, 0.3) is 0 Å². The van der Waals surface area contributed by atoms with Crippen molar-refractivity contribution < 1.29 is 14.3 Å². The summed E-state index contributed by atoms with van der Waals surface area (Å²) in [4.78, 5) is 30.5. The average molecular weight is 417 g/mol. The molecule has 0 unspecified atom stereocenters. The van der Waals surface area contributed by atoms with E-state index in [4.69, 9.17) is 4.74 Å². The molecule has 0 aliphatic carbocycles. The van der Waals surface area contributed by atoms with Gasteiger partial charge in [-0.25, -0.2) is 9.78 Å². The highest BCUT2D eigenvalue weighted by Gasteiger charge is 2.16. The van der Waals surface area contributed by atoms with Gasteiger partial charge in [-0.3, -0.25) is 4.79 Å². The predicted molar refractivity (Wildman–Crippen MR) is 120 cm³/mol. The van der Waals surface area contributed by atoms with Gasteiger partial charge >= 0.3 is 5.97 Å². The second-order valence-corrected chi connectivity index (χ2v) is 7.94. The summed E-state index contributed by atoms with van der Waals surface area (Å²) in [6, 6.07) is 23.1. The van der Waals surface area contributed by atoms with Gasteiger partial charge in [-0.05, 0) is 47.5 Å². The van der Waals surface area contributed by atoms with Crippen LogP contribution in [0.3, 0.4) is 0 Å². The third-order valence-corrected chi connectivity index (χ3v) is 5.91. The minimum absolute atomic E-state index is 0.0665. The predicted octanol–water partition coefficient (Wildman–Crippen LogP) is 4.96. The molecule has 4 aromatic rings. The van der Waals surface area contributed by atoms with E-state index < -0.39 is 5.97 Å². The van der Waals surface area contributed by atoms with Crippen molar-refractivity contribution in [2.45, 2.75) is 6.42 Å². The number of hydrogen-bond donors (Lipinski definition) is 0. The third kappa shape index (κ3) is 4.09. The summed E-state index contributed by atoms with van der Waals surface area (Å²) in [5.41, 5.74) is 4.34. The van der Waals surface area contributed by atoms with Crippen LogP contribution in [0.5, 0.6) is 0 Å². The number of hydrogen-bond acceptors (Lipinski definition) is 5. The van der Waals surface area contributed by atoms with E-state index in [-0.39, 0.29) is 12.3 Å². The molecule has 1 amide bonds. The first-order chi connectivity index (χ1) is 14.5. The summed E-state index contributed by atoms with van der Waals surface area (Å²) in [6.07, 6.45) is 0.218. The van der Waals surface area contributed by atoms with Crippen LogP contribution in [-0.4, -0.2) is 31.0 Å². The molecule has 1 aromatic heterocycles. The zero-order valence-electron chi connectivity index (χ0n) is 16.7. The largest absolute Gasteiger partial charge is 0.465 e. The molecule has 0 fully saturated rings. The Morgan fingerprint density at radius 2 is 1.70 bits per heavy atom. The highest BCUT2D eigenvalue weighted by Crippen LogP contribution is 2.29. The van der Waals surface area contributed by atoms with E-state index in [9.17, 15) is 9.59 Å². The molecule has 0 N–H and O–H groups in total. The van der Waals surface area contributed by atoms with E-state index in [1.807, 2.05) is 24.3 Å². The van der Waals surface area contributed by atoms with Gasteiger partial charge in [-0.1, -0.05) is 36.4 Å². The first-order valence-corrected chi connectivity index (χ1v) is 10.3. The van der Waals surface area contributed by atoms with Gasteiger partial charge in [-0.15, -0.1) is 11.3 Å². The van der Waals surface area contributed by atoms with E-state index in [1.165, 1.54) is 18.4 Å². The molecular formula is C24H20N2O3S. The first-order valence-electron chi connectivity index (χ1n) is 9.45. The molecule has 30 heavy (non-hydrogen) atoms. The maximum absolute atomic E-state index is 12.8. The Bertz CT molecular complexity index is 1200. The summed E-state index contributed by atoms with van der Waals surface area (Å²) in [6.45, 7) is 0. The smallest absolute Gasteiger partial charge is 0.337 e. The molecular weight excluding hydrogens is 396 g/mol. The lowest BCUT2D eigenvalue weighted by atomic mass is 10.1. The Morgan fingerprint density at radius 1 is 0.967 bits per heavy atom. The van der Waals surface area contributed by atoms with Crippen molar-refractivity contribution in [3.63, 3.8) is 0 Å². The molecule has 0 atom stereocenters. The lowest BCUT2D eigenvalue weighted by Gasteiger charge is -2.17. The van der Waals surface area contributed by atoms with Gasteiger partial charge in [0.1, 0.15) is 5.01 Å². The summed E-state index contributed by atoms with van der Waals surface area (Å²) < 4.78 is 5.76. The Balaban J connectivity index is 1.50. The number of methoxy groups -OCH3 is 1. The van der Waals surface area contributed by atoms with Crippen LogP contribution in [0.25, 0.3) is 21.3 Å². The number of thiazole rings is 1. The normalized spacial score (nSPS) is 10.7. The molecule has 6 heteroatoms. The van der Waals surface area contributed by atoms with E-state index in [2.05, 4.69) is 29.2 Å². The third-order valence-electron chi connectivity index (χ3n) is 4.89. The van der Waals surface area contributed by atoms with Crippen molar-refractivity contribution in [2.75, 3.05) is 19.1 Å². The van der Waals surface area contributed by atoms with Gasteiger partial charge in [-0.2, -0.15) is 0 Å². The molecule has 0 saturated heterocycles. The number of likely N-dealkylation sites (N-methyl/N-ethyl adjacent to an activating group) is 1. The summed E-state index contributed by atoms with van der Waals surface area (Å²) in [5.74, 6) is -0.469. The van der Waals surface area contributed by atoms with Gasteiger partial charge in [0, 0.05) is 12.7 Å². The van der Waals surface area contributed by atoms with Crippen molar-refractivity contribution >= 4 is 39.1 Å². The van der Waals surface area contributed by atoms with Crippen molar-refractivity contribution in [1.82, 2.24) is 4.98 Å². The quantitative estimate of drug-likeness (QED) is 0.432. The number of carbonyl (C=O) groups is 2. The second-order valence-electron chi connectivity index (χ2n) is 6.82. The number of nitrogens with zero attached hydrogens (tertiary/aromatic N) is 2. The van der Waals surface area contributed by atoms with Crippen LogP contribution < -0.4 is 4.90 Å². The minimum Gasteiger partial charge on any atom is -0.465 e. The summed E-state index contributed by atoms with van der Waals surface area (Å²) in [7, 11) is 3.06. The fourth-order valence-corrected chi connectivity index (χ4v) is 4.19. The molecule has 1 heterocycles. The highest BCUT2D eigenvalue weighted by atomic mass is 32.1. The van der Waals surface area contributed by atoms with Crippen LogP contribution in [-0.2, 0) is 16.0 Å². The van der Waals surface area contributed by atoms with Gasteiger partial charge in [0.05, 0.1) is 29.3 Å². The van der Waals surface area contributed by atoms with Crippen LogP contribution >= 0.6 is 11.3 Å². The standard InChI is InChI=1S/C24H20N2O3S/c1-26(19-11-8-17(9-12-19)24(28)29-2)23(27)15-22-25-20-13-10-18(14-21(20)30-22)16-6-4-3-5-7-16/h3-14H,15H2,1-2H3. The number of anilines is 1. The number of amides is 1. The molecule has 150 valence electrons. The summed E-state index contributed by atoms with van der Waals surface area (Å²) in [5, 5.41) is 0.776. The lowest BCUT2D eigenvalue weighted by molar-refractivity contribution is -0.117. The van der Waals surface area contributed by atoms with Gasteiger partial charge in [0.15, 0.2) is 0 Å².